The highest BCUT2D eigenvalue weighted by atomic mass is 16.5. The Hall–Kier alpha value is -1.81. The van der Waals surface area contributed by atoms with Crippen LogP contribution in [0.4, 0.5) is 5.69 Å². The predicted octanol–water partition coefficient (Wildman–Crippen LogP) is 1.43. The van der Waals surface area contributed by atoms with E-state index < -0.39 is 0 Å². The van der Waals surface area contributed by atoms with Gasteiger partial charge in [0.05, 0.1) is 6.61 Å². The van der Waals surface area contributed by atoms with Gasteiger partial charge in [0.25, 0.3) is 0 Å². The predicted molar refractivity (Wildman–Crippen MR) is 69.4 cm³/mol. The Kier molecular flexibility index (Phi) is 5.23. The highest BCUT2D eigenvalue weighted by Crippen LogP contribution is 2.06. The molecule has 1 aromatic rings. The van der Waals surface area contributed by atoms with Crippen LogP contribution in [-0.4, -0.2) is 25.7 Å². The second kappa shape index (κ2) is 6.70. The molecule has 0 bridgehead atoms. The van der Waals surface area contributed by atoms with Crippen molar-refractivity contribution in [2.24, 2.45) is 0 Å². The molecule has 0 aliphatic rings. The summed E-state index contributed by atoms with van der Waals surface area (Å²) in [6, 6.07) is 7.31. The van der Waals surface area contributed by atoms with Gasteiger partial charge in [-0.3, -0.25) is 4.79 Å². The number of nitrogens with one attached hydrogen (secondary N) is 1. The lowest BCUT2D eigenvalue weighted by atomic mass is 10.2. The molecule has 0 aromatic heterocycles. The molecule has 17 heavy (non-hydrogen) atoms. The second-order valence-corrected chi connectivity index (χ2v) is 3.86. The van der Waals surface area contributed by atoms with Crippen LogP contribution < -0.4 is 11.1 Å². The average Bonchev–Trinajstić information content (AvgIpc) is 2.28. The number of hydrogen-bond acceptors (Lipinski definition) is 3. The van der Waals surface area contributed by atoms with Gasteiger partial charge < -0.3 is 15.8 Å². The van der Waals surface area contributed by atoms with Crippen LogP contribution in [0, 0.1) is 0 Å². The Labute approximate surface area is 101 Å². The molecule has 0 aliphatic heterocycles. The van der Waals surface area contributed by atoms with Crippen LogP contribution in [0.15, 0.2) is 30.3 Å². The molecule has 92 valence electrons. The van der Waals surface area contributed by atoms with Crippen molar-refractivity contribution >= 4 is 17.7 Å². The fourth-order valence-corrected chi connectivity index (χ4v) is 1.36. The molecule has 0 spiro atoms. The van der Waals surface area contributed by atoms with Crippen molar-refractivity contribution in [1.82, 2.24) is 5.32 Å². The van der Waals surface area contributed by atoms with E-state index in [0.29, 0.717) is 12.3 Å². The SMILES string of the molecule is COCC(C)NC(=O)/C=C/c1ccc(N)cc1. The van der Waals surface area contributed by atoms with Gasteiger partial charge in [-0.1, -0.05) is 12.1 Å². The molecule has 1 amide bonds. The summed E-state index contributed by atoms with van der Waals surface area (Å²) < 4.78 is 4.93. The molecule has 1 aromatic carbocycles. The molecule has 0 aliphatic carbocycles. The highest BCUT2D eigenvalue weighted by molar-refractivity contribution is 5.91. The fraction of sp³-hybridized carbons (Fsp3) is 0.308. The van der Waals surface area contributed by atoms with Gasteiger partial charge in [-0.2, -0.15) is 0 Å². The minimum absolute atomic E-state index is 0.00330. The lowest BCUT2D eigenvalue weighted by Gasteiger charge is -2.10. The zero-order chi connectivity index (χ0) is 12.7. The maximum Gasteiger partial charge on any atom is 0.244 e. The highest BCUT2D eigenvalue weighted by Gasteiger charge is 2.02. The van der Waals surface area contributed by atoms with E-state index in [4.69, 9.17) is 10.5 Å². The summed E-state index contributed by atoms with van der Waals surface area (Å²) >= 11 is 0. The molecular weight excluding hydrogens is 216 g/mol. The summed E-state index contributed by atoms with van der Waals surface area (Å²) in [7, 11) is 1.60. The van der Waals surface area contributed by atoms with Crippen molar-refractivity contribution in [2.75, 3.05) is 19.5 Å². The third-order valence-electron chi connectivity index (χ3n) is 2.17. The van der Waals surface area contributed by atoms with E-state index in [1.165, 1.54) is 6.08 Å². The number of ether oxygens (including phenoxy) is 1. The number of carbonyl (C=O) groups is 1. The van der Waals surface area contributed by atoms with Crippen LogP contribution in [-0.2, 0) is 9.53 Å². The van der Waals surface area contributed by atoms with Crippen LogP contribution in [0.5, 0.6) is 0 Å². The Bertz CT molecular complexity index is 385. The van der Waals surface area contributed by atoms with Crippen molar-refractivity contribution in [2.45, 2.75) is 13.0 Å². The number of anilines is 1. The molecule has 1 atom stereocenters. The summed E-state index contributed by atoms with van der Waals surface area (Å²) in [5, 5.41) is 2.79. The fourth-order valence-electron chi connectivity index (χ4n) is 1.36. The van der Waals surface area contributed by atoms with Gasteiger partial charge >= 0.3 is 0 Å². The zero-order valence-electron chi connectivity index (χ0n) is 10.1. The number of nitrogens with two attached hydrogens (primary N) is 1. The summed E-state index contributed by atoms with van der Waals surface area (Å²) in [4.78, 5) is 11.5. The molecule has 4 nitrogen and oxygen atoms in total. The molecule has 0 fully saturated rings. The first-order valence-electron chi connectivity index (χ1n) is 5.45. The lowest BCUT2D eigenvalue weighted by molar-refractivity contribution is -0.117. The van der Waals surface area contributed by atoms with Crippen LogP contribution in [0.1, 0.15) is 12.5 Å². The average molecular weight is 234 g/mol. The van der Waals surface area contributed by atoms with Gasteiger partial charge in [-0.05, 0) is 30.7 Å². The number of nitrogen functional groups attached to an aromatic ring is 1. The first kappa shape index (κ1) is 13.3. The minimum atomic E-state index is -0.133. The van der Waals surface area contributed by atoms with Gasteiger partial charge in [0.2, 0.25) is 5.91 Å². The van der Waals surface area contributed by atoms with Crippen LogP contribution in [0.25, 0.3) is 6.08 Å². The van der Waals surface area contributed by atoms with E-state index in [2.05, 4.69) is 5.32 Å². The molecular formula is C13H18N2O2. The first-order chi connectivity index (χ1) is 8.11. The molecule has 1 rings (SSSR count). The van der Waals surface area contributed by atoms with Crippen molar-refractivity contribution < 1.29 is 9.53 Å². The van der Waals surface area contributed by atoms with E-state index in [1.54, 1.807) is 25.3 Å². The largest absolute Gasteiger partial charge is 0.399 e. The Balaban J connectivity index is 2.47. The molecule has 1 unspecified atom stereocenters. The van der Waals surface area contributed by atoms with Crippen molar-refractivity contribution in [3.63, 3.8) is 0 Å². The molecule has 0 heterocycles. The topological polar surface area (TPSA) is 64.3 Å². The van der Waals surface area contributed by atoms with E-state index in [9.17, 15) is 4.79 Å². The summed E-state index contributed by atoms with van der Waals surface area (Å²) in [6.45, 7) is 2.39. The third kappa shape index (κ3) is 5.17. The summed E-state index contributed by atoms with van der Waals surface area (Å²) in [5.41, 5.74) is 7.21. The molecule has 0 saturated carbocycles. The number of carbonyl (C=O) groups excluding carboxylic acids is 1. The normalized spacial score (nSPS) is 12.6. The Morgan fingerprint density at radius 3 is 2.71 bits per heavy atom. The summed E-state index contributed by atoms with van der Waals surface area (Å²) in [6.07, 6.45) is 3.24. The Morgan fingerprint density at radius 1 is 1.47 bits per heavy atom. The quantitative estimate of drug-likeness (QED) is 0.598. The molecule has 4 heteroatoms. The smallest absolute Gasteiger partial charge is 0.244 e. The van der Waals surface area contributed by atoms with Crippen LogP contribution >= 0.6 is 0 Å². The molecule has 0 radical (unpaired) electrons. The standard InChI is InChI=1S/C13H18N2O2/c1-10(9-17-2)15-13(16)8-5-11-3-6-12(14)7-4-11/h3-8,10H,9,14H2,1-2H3,(H,15,16)/b8-5+. The monoisotopic (exact) mass is 234 g/mol. The maximum absolute atomic E-state index is 11.5. The summed E-state index contributed by atoms with van der Waals surface area (Å²) in [5.74, 6) is -0.133. The zero-order valence-corrected chi connectivity index (χ0v) is 10.1. The van der Waals surface area contributed by atoms with Crippen molar-refractivity contribution in [3.05, 3.63) is 35.9 Å². The number of amides is 1. The van der Waals surface area contributed by atoms with Crippen LogP contribution in [0.2, 0.25) is 0 Å². The maximum atomic E-state index is 11.5. The van der Waals surface area contributed by atoms with Crippen molar-refractivity contribution in [3.8, 4) is 0 Å². The van der Waals surface area contributed by atoms with Crippen LogP contribution in [0.3, 0.4) is 0 Å². The minimum Gasteiger partial charge on any atom is -0.399 e. The first-order valence-corrected chi connectivity index (χ1v) is 5.45. The Morgan fingerprint density at radius 2 is 2.12 bits per heavy atom. The van der Waals surface area contributed by atoms with Gasteiger partial charge in [0, 0.05) is 24.9 Å². The van der Waals surface area contributed by atoms with Gasteiger partial charge in [0.15, 0.2) is 0 Å². The van der Waals surface area contributed by atoms with Gasteiger partial charge in [-0.15, -0.1) is 0 Å². The van der Waals surface area contributed by atoms with E-state index >= 15 is 0 Å². The third-order valence-corrected chi connectivity index (χ3v) is 2.17. The van der Waals surface area contributed by atoms with Gasteiger partial charge in [0.1, 0.15) is 0 Å². The lowest BCUT2D eigenvalue weighted by Crippen LogP contribution is -2.34. The number of hydrogen-bond donors (Lipinski definition) is 2. The number of methoxy groups -OCH3 is 1. The number of rotatable bonds is 5. The molecule has 3 N–H and O–H groups in total. The molecule has 0 saturated heterocycles. The van der Waals surface area contributed by atoms with Crippen molar-refractivity contribution in [1.29, 1.82) is 0 Å². The number of benzene rings is 1. The van der Waals surface area contributed by atoms with E-state index in [0.717, 1.165) is 5.56 Å². The van der Waals surface area contributed by atoms with E-state index in [-0.39, 0.29) is 11.9 Å². The van der Waals surface area contributed by atoms with E-state index in [1.807, 2.05) is 19.1 Å². The second-order valence-electron chi connectivity index (χ2n) is 3.86. The van der Waals surface area contributed by atoms with Gasteiger partial charge in [-0.25, -0.2) is 0 Å².